The Bertz CT molecular complexity index is 870. The van der Waals surface area contributed by atoms with Crippen LogP contribution in [0.4, 0.5) is 4.79 Å². The molecule has 2 aliphatic rings. The number of nitriles is 1. The van der Waals surface area contributed by atoms with Gasteiger partial charge in [0.05, 0.1) is 12.1 Å². The zero-order chi connectivity index (χ0) is 21.2. The van der Waals surface area contributed by atoms with Crippen molar-refractivity contribution >= 4 is 23.8 Å². The fourth-order valence-corrected chi connectivity index (χ4v) is 4.02. The summed E-state index contributed by atoms with van der Waals surface area (Å²) in [5.41, 5.74) is -0.222. The number of hydrogen-bond donors (Lipinski definition) is 0. The molecular formula is C21H24N4O4. The van der Waals surface area contributed by atoms with Crippen molar-refractivity contribution in [3.05, 3.63) is 35.9 Å². The molecule has 1 saturated heterocycles. The van der Waals surface area contributed by atoms with Gasteiger partial charge < -0.3 is 4.90 Å². The summed E-state index contributed by atoms with van der Waals surface area (Å²) in [4.78, 5) is 53.4. The van der Waals surface area contributed by atoms with E-state index in [2.05, 4.69) is 6.07 Å². The van der Waals surface area contributed by atoms with Gasteiger partial charge in [0.2, 0.25) is 5.91 Å². The second-order valence-corrected chi connectivity index (χ2v) is 7.59. The normalized spacial score (nSPS) is 19.8. The number of rotatable bonds is 5. The van der Waals surface area contributed by atoms with Crippen LogP contribution in [0.1, 0.15) is 50.6 Å². The van der Waals surface area contributed by atoms with Gasteiger partial charge in [-0.05, 0) is 25.3 Å². The molecule has 2 fully saturated rings. The van der Waals surface area contributed by atoms with E-state index in [1.54, 1.807) is 31.2 Å². The van der Waals surface area contributed by atoms with Crippen LogP contribution < -0.4 is 0 Å². The van der Waals surface area contributed by atoms with Crippen molar-refractivity contribution in [2.24, 2.45) is 0 Å². The Balaban J connectivity index is 1.76. The maximum Gasteiger partial charge on any atom is 0.335 e. The Kier molecular flexibility index (Phi) is 5.69. The number of carbonyl (C=O) groups excluding carboxylic acids is 4. The van der Waals surface area contributed by atoms with Crippen LogP contribution >= 0.6 is 0 Å². The van der Waals surface area contributed by atoms with E-state index in [9.17, 15) is 24.4 Å². The van der Waals surface area contributed by atoms with E-state index in [0.29, 0.717) is 23.3 Å². The standard InChI is InChI=1S/C21H24N4O4/c1-15(16-9-5-3-6-10-16)25-19(28)18(27)24(20(25)29)13-17(26)23(2)21(14-22)11-7-4-8-12-21/h3,5-6,9-10,15H,4,7-8,11-13H2,1-2H3. The number of carbonyl (C=O) groups is 4. The smallest absolute Gasteiger partial charge is 0.325 e. The highest BCUT2D eigenvalue weighted by Crippen LogP contribution is 2.33. The van der Waals surface area contributed by atoms with E-state index in [0.717, 1.165) is 24.2 Å². The van der Waals surface area contributed by atoms with E-state index in [-0.39, 0.29) is 0 Å². The van der Waals surface area contributed by atoms with Crippen molar-refractivity contribution in [1.82, 2.24) is 14.7 Å². The van der Waals surface area contributed by atoms with Crippen molar-refractivity contribution in [2.75, 3.05) is 13.6 Å². The summed E-state index contributed by atoms with van der Waals surface area (Å²) >= 11 is 0. The first kappa shape index (κ1) is 20.5. The highest BCUT2D eigenvalue weighted by Gasteiger charge is 2.49. The minimum atomic E-state index is -1.02. The van der Waals surface area contributed by atoms with Gasteiger partial charge >= 0.3 is 17.8 Å². The predicted octanol–water partition coefficient (Wildman–Crippen LogP) is 2.22. The number of likely N-dealkylation sites (N-methyl/N-ethyl adjacent to an activating group) is 1. The van der Waals surface area contributed by atoms with E-state index in [4.69, 9.17) is 0 Å². The van der Waals surface area contributed by atoms with Crippen LogP contribution in [-0.2, 0) is 14.4 Å². The topological polar surface area (TPSA) is 102 Å². The van der Waals surface area contributed by atoms with Gasteiger partial charge in [-0.3, -0.25) is 14.4 Å². The van der Waals surface area contributed by atoms with Crippen LogP contribution in [0, 0.1) is 11.3 Å². The fraction of sp³-hybridized carbons (Fsp3) is 0.476. The van der Waals surface area contributed by atoms with E-state index in [1.807, 2.05) is 6.07 Å². The number of nitrogens with zero attached hydrogens (tertiary/aromatic N) is 4. The Morgan fingerprint density at radius 2 is 1.76 bits per heavy atom. The molecule has 0 radical (unpaired) electrons. The SMILES string of the molecule is CC(c1ccccc1)N1C(=O)C(=O)N(CC(=O)N(C)C2(C#N)CCCCC2)C1=O. The van der Waals surface area contributed by atoms with E-state index >= 15 is 0 Å². The van der Waals surface area contributed by atoms with Crippen LogP contribution in [0.2, 0.25) is 0 Å². The summed E-state index contributed by atoms with van der Waals surface area (Å²) in [6.45, 7) is 1.10. The predicted molar refractivity (Wildman–Crippen MR) is 103 cm³/mol. The lowest BCUT2D eigenvalue weighted by atomic mass is 9.81. The summed E-state index contributed by atoms with van der Waals surface area (Å²) in [5.74, 6) is -2.50. The van der Waals surface area contributed by atoms with Crippen molar-refractivity contribution in [1.29, 1.82) is 5.26 Å². The molecule has 1 atom stereocenters. The van der Waals surface area contributed by atoms with Crippen molar-refractivity contribution < 1.29 is 19.2 Å². The molecule has 152 valence electrons. The van der Waals surface area contributed by atoms with Crippen LogP contribution in [-0.4, -0.2) is 57.6 Å². The van der Waals surface area contributed by atoms with Crippen LogP contribution in [0.3, 0.4) is 0 Å². The zero-order valence-electron chi connectivity index (χ0n) is 16.6. The molecular weight excluding hydrogens is 372 g/mol. The van der Waals surface area contributed by atoms with Gasteiger partial charge in [-0.1, -0.05) is 49.6 Å². The van der Waals surface area contributed by atoms with E-state index < -0.39 is 41.9 Å². The third kappa shape index (κ3) is 3.60. The lowest BCUT2D eigenvalue weighted by Gasteiger charge is -2.39. The second kappa shape index (κ2) is 8.03. The average Bonchev–Trinajstić information content (AvgIpc) is 2.96. The number of imide groups is 2. The van der Waals surface area contributed by atoms with Crippen LogP contribution in [0.5, 0.6) is 0 Å². The maximum absolute atomic E-state index is 12.8. The molecule has 0 aromatic heterocycles. The minimum absolute atomic E-state index is 0.530. The first-order chi connectivity index (χ1) is 13.8. The lowest BCUT2D eigenvalue weighted by molar-refractivity contribution is -0.146. The first-order valence-corrected chi connectivity index (χ1v) is 9.74. The third-order valence-corrected chi connectivity index (χ3v) is 5.95. The van der Waals surface area contributed by atoms with Crippen molar-refractivity contribution in [3.63, 3.8) is 0 Å². The molecule has 1 aromatic carbocycles. The quantitative estimate of drug-likeness (QED) is 0.561. The number of amides is 5. The Hall–Kier alpha value is -3.21. The molecule has 0 bridgehead atoms. The Morgan fingerprint density at radius 1 is 1.14 bits per heavy atom. The number of benzene rings is 1. The molecule has 1 heterocycles. The summed E-state index contributed by atoms with van der Waals surface area (Å²) in [5, 5.41) is 9.65. The minimum Gasteiger partial charge on any atom is -0.325 e. The lowest BCUT2D eigenvalue weighted by Crippen LogP contribution is -2.53. The van der Waals surface area contributed by atoms with E-state index in [1.165, 1.54) is 11.9 Å². The Morgan fingerprint density at radius 3 is 2.34 bits per heavy atom. The molecule has 1 unspecified atom stereocenters. The molecule has 8 nitrogen and oxygen atoms in total. The summed E-state index contributed by atoms with van der Waals surface area (Å²) in [6, 6.07) is 9.68. The van der Waals surface area contributed by atoms with Gasteiger partial charge in [0.25, 0.3) is 0 Å². The molecule has 0 spiro atoms. The van der Waals surface area contributed by atoms with Gasteiger partial charge in [0.15, 0.2) is 0 Å². The van der Waals surface area contributed by atoms with Gasteiger partial charge in [0.1, 0.15) is 12.1 Å². The van der Waals surface area contributed by atoms with Gasteiger partial charge in [-0.15, -0.1) is 0 Å². The maximum atomic E-state index is 12.8. The van der Waals surface area contributed by atoms with Crippen LogP contribution in [0.15, 0.2) is 30.3 Å². The Labute approximate surface area is 169 Å². The third-order valence-electron chi connectivity index (χ3n) is 5.95. The molecule has 5 amide bonds. The largest absolute Gasteiger partial charge is 0.335 e. The summed E-state index contributed by atoms with van der Waals surface area (Å²) < 4.78 is 0. The number of urea groups is 1. The highest BCUT2D eigenvalue weighted by molar-refractivity contribution is 6.45. The monoisotopic (exact) mass is 396 g/mol. The van der Waals surface area contributed by atoms with Crippen molar-refractivity contribution in [2.45, 2.75) is 50.6 Å². The second-order valence-electron chi connectivity index (χ2n) is 7.59. The van der Waals surface area contributed by atoms with Crippen molar-refractivity contribution in [3.8, 4) is 6.07 Å². The molecule has 0 N–H and O–H groups in total. The molecule has 8 heteroatoms. The molecule has 1 saturated carbocycles. The first-order valence-electron chi connectivity index (χ1n) is 9.74. The molecule has 3 rings (SSSR count). The molecule has 1 aromatic rings. The zero-order valence-corrected chi connectivity index (χ0v) is 16.6. The van der Waals surface area contributed by atoms with Gasteiger partial charge in [0, 0.05) is 7.05 Å². The number of hydrogen-bond acceptors (Lipinski definition) is 5. The molecule has 1 aliphatic carbocycles. The summed E-state index contributed by atoms with van der Waals surface area (Å²) in [6.07, 6.45) is 3.81. The van der Waals surface area contributed by atoms with Crippen LogP contribution in [0.25, 0.3) is 0 Å². The fourth-order valence-electron chi connectivity index (χ4n) is 4.02. The molecule has 29 heavy (non-hydrogen) atoms. The molecule has 1 aliphatic heterocycles. The highest BCUT2D eigenvalue weighted by atomic mass is 16.2. The average molecular weight is 396 g/mol. The summed E-state index contributed by atoms with van der Waals surface area (Å²) in [7, 11) is 1.52. The van der Waals surface area contributed by atoms with Gasteiger partial charge in [-0.25, -0.2) is 14.6 Å². The van der Waals surface area contributed by atoms with Gasteiger partial charge in [-0.2, -0.15) is 5.26 Å².